The normalized spacial score (nSPS) is 12.3. The number of ether oxygens (including phenoxy) is 3. The van der Waals surface area contributed by atoms with E-state index in [4.69, 9.17) is 14.2 Å². The molecule has 1 heterocycles. The Labute approximate surface area is 190 Å². The van der Waals surface area contributed by atoms with Crippen molar-refractivity contribution in [1.82, 2.24) is 0 Å². The maximum Gasteiger partial charge on any atom is 0.264 e. The number of halogens is 1. The number of carbonyl (C=O) groups excluding carboxylic acids is 1. The molecule has 0 aliphatic carbocycles. The maximum atomic E-state index is 13.5. The molecule has 0 radical (unpaired) electrons. The van der Waals surface area contributed by atoms with Crippen LogP contribution in [0.1, 0.15) is 6.92 Å². The minimum atomic E-state index is -4.15. The average molecular weight is 472 g/mol. The van der Waals surface area contributed by atoms with Gasteiger partial charge < -0.3 is 19.5 Å². The molecule has 0 spiro atoms. The van der Waals surface area contributed by atoms with Crippen molar-refractivity contribution in [2.75, 3.05) is 29.6 Å². The van der Waals surface area contributed by atoms with E-state index in [9.17, 15) is 17.6 Å². The summed E-state index contributed by atoms with van der Waals surface area (Å²) >= 11 is 0. The van der Waals surface area contributed by atoms with E-state index in [1.165, 1.54) is 36.4 Å². The monoisotopic (exact) mass is 472 g/mol. The number of fused-ring (bicyclic) bond motifs is 1. The summed E-state index contributed by atoms with van der Waals surface area (Å²) in [5.41, 5.74) is 0.563. The van der Waals surface area contributed by atoms with Crippen LogP contribution in [0.5, 0.6) is 17.2 Å². The number of anilines is 2. The van der Waals surface area contributed by atoms with Crippen LogP contribution in [0.15, 0.2) is 71.6 Å². The van der Waals surface area contributed by atoms with Crippen LogP contribution in [0, 0.1) is 5.82 Å². The van der Waals surface area contributed by atoms with Gasteiger partial charge in [0.15, 0.2) is 11.5 Å². The van der Waals surface area contributed by atoms with Crippen molar-refractivity contribution in [2.45, 2.75) is 11.8 Å². The summed E-state index contributed by atoms with van der Waals surface area (Å²) in [6.45, 7) is 1.81. The van der Waals surface area contributed by atoms with Gasteiger partial charge in [-0.25, -0.2) is 12.8 Å². The van der Waals surface area contributed by atoms with E-state index in [2.05, 4.69) is 5.32 Å². The minimum Gasteiger partial charge on any atom is -0.494 e. The number of amides is 1. The van der Waals surface area contributed by atoms with Gasteiger partial charge in [0.2, 0.25) is 12.7 Å². The van der Waals surface area contributed by atoms with E-state index in [1.54, 1.807) is 18.2 Å². The second-order valence-electron chi connectivity index (χ2n) is 7.01. The molecular weight excluding hydrogens is 451 g/mol. The summed E-state index contributed by atoms with van der Waals surface area (Å²) in [4.78, 5) is 12.8. The van der Waals surface area contributed by atoms with Gasteiger partial charge in [-0.2, -0.15) is 0 Å². The second kappa shape index (κ2) is 9.37. The van der Waals surface area contributed by atoms with E-state index in [1.807, 2.05) is 6.92 Å². The standard InChI is InChI=1S/C23H21FN2O6S/c1-2-30-19-8-10-20(11-9-19)33(28,29)26(18-6-3-16(24)4-7-18)14-23(27)25-17-5-12-21-22(13-17)32-15-31-21/h3-13H,2,14-15H2,1H3,(H,25,27). The molecule has 0 unspecified atom stereocenters. The topological polar surface area (TPSA) is 94.2 Å². The molecule has 33 heavy (non-hydrogen) atoms. The molecule has 10 heteroatoms. The van der Waals surface area contributed by atoms with Crippen LogP contribution in [-0.2, 0) is 14.8 Å². The van der Waals surface area contributed by atoms with Crippen molar-refractivity contribution in [1.29, 1.82) is 0 Å². The third kappa shape index (κ3) is 5.01. The molecule has 1 aliphatic rings. The van der Waals surface area contributed by atoms with Crippen LogP contribution < -0.4 is 23.8 Å². The lowest BCUT2D eigenvalue weighted by Gasteiger charge is -2.24. The SMILES string of the molecule is CCOc1ccc(S(=O)(=O)N(CC(=O)Nc2ccc3c(c2)OCO3)c2ccc(F)cc2)cc1. The molecule has 0 fully saturated rings. The average Bonchev–Trinajstić information content (AvgIpc) is 3.27. The van der Waals surface area contributed by atoms with Gasteiger partial charge in [-0.15, -0.1) is 0 Å². The third-order valence-corrected chi connectivity index (χ3v) is 6.57. The van der Waals surface area contributed by atoms with Gasteiger partial charge in [0.1, 0.15) is 18.1 Å². The lowest BCUT2D eigenvalue weighted by Crippen LogP contribution is -2.38. The van der Waals surface area contributed by atoms with E-state index in [0.29, 0.717) is 29.5 Å². The Morgan fingerprint density at radius 2 is 1.73 bits per heavy atom. The predicted octanol–water partition coefficient (Wildman–Crippen LogP) is 3.79. The van der Waals surface area contributed by atoms with Crippen LogP contribution in [0.3, 0.4) is 0 Å². The number of nitrogens with one attached hydrogen (secondary N) is 1. The number of sulfonamides is 1. The molecule has 1 amide bonds. The number of carbonyl (C=O) groups is 1. The lowest BCUT2D eigenvalue weighted by atomic mass is 10.2. The van der Waals surface area contributed by atoms with Crippen LogP contribution >= 0.6 is 0 Å². The molecule has 1 aliphatic heterocycles. The van der Waals surface area contributed by atoms with Gasteiger partial charge in [0.25, 0.3) is 10.0 Å². The quantitative estimate of drug-likeness (QED) is 0.536. The molecule has 0 saturated heterocycles. The lowest BCUT2D eigenvalue weighted by molar-refractivity contribution is -0.114. The number of hydrogen-bond acceptors (Lipinski definition) is 6. The van der Waals surface area contributed by atoms with Gasteiger partial charge >= 0.3 is 0 Å². The van der Waals surface area contributed by atoms with Crippen molar-refractivity contribution in [3.05, 3.63) is 72.5 Å². The number of benzene rings is 3. The smallest absolute Gasteiger partial charge is 0.264 e. The van der Waals surface area contributed by atoms with Gasteiger partial charge in [-0.3, -0.25) is 9.10 Å². The molecule has 3 aromatic rings. The zero-order chi connectivity index (χ0) is 23.4. The Morgan fingerprint density at radius 3 is 2.42 bits per heavy atom. The number of nitrogens with zero attached hydrogens (tertiary/aromatic N) is 1. The highest BCUT2D eigenvalue weighted by Gasteiger charge is 2.27. The zero-order valence-corrected chi connectivity index (χ0v) is 18.5. The Bertz CT molecular complexity index is 1250. The first-order valence-corrected chi connectivity index (χ1v) is 11.5. The first kappa shape index (κ1) is 22.4. The molecule has 172 valence electrons. The van der Waals surface area contributed by atoms with E-state index in [0.717, 1.165) is 16.4 Å². The molecule has 4 rings (SSSR count). The van der Waals surface area contributed by atoms with Crippen molar-refractivity contribution in [3.8, 4) is 17.2 Å². The highest BCUT2D eigenvalue weighted by Crippen LogP contribution is 2.34. The summed E-state index contributed by atoms with van der Waals surface area (Å²) in [5.74, 6) is 0.434. The Balaban J connectivity index is 1.60. The third-order valence-electron chi connectivity index (χ3n) is 4.78. The summed E-state index contributed by atoms with van der Waals surface area (Å²) in [5, 5.41) is 2.66. The summed E-state index contributed by atoms with van der Waals surface area (Å²) in [6, 6.07) is 15.6. The second-order valence-corrected chi connectivity index (χ2v) is 8.87. The fourth-order valence-electron chi connectivity index (χ4n) is 3.23. The molecule has 0 atom stereocenters. The molecule has 0 aromatic heterocycles. The van der Waals surface area contributed by atoms with E-state index in [-0.39, 0.29) is 17.4 Å². The van der Waals surface area contributed by atoms with E-state index >= 15 is 0 Å². The van der Waals surface area contributed by atoms with Gasteiger partial charge in [0.05, 0.1) is 17.2 Å². The van der Waals surface area contributed by atoms with Crippen LogP contribution in [-0.4, -0.2) is 34.3 Å². The van der Waals surface area contributed by atoms with E-state index < -0.39 is 28.3 Å². The molecule has 1 N–H and O–H groups in total. The van der Waals surface area contributed by atoms with Crippen molar-refractivity contribution < 1.29 is 31.8 Å². The summed E-state index contributed by atoms with van der Waals surface area (Å²) < 4.78 is 57.1. The Kier molecular flexibility index (Phi) is 6.36. The molecule has 0 bridgehead atoms. The Hall–Kier alpha value is -3.79. The Morgan fingerprint density at radius 1 is 1.03 bits per heavy atom. The molecule has 0 saturated carbocycles. The van der Waals surface area contributed by atoms with Crippen molar-refractivity contribution in [2.24, 2.45) is 0 Å². The summed E-state index contributed by atoms with van der Waals surface area (Å²) in [6.07, 6.45) is 0. The van der Waals surface area contributed by atoms with Gasteiger partial charge in [-0.1, -0.05) is 0 Å². The zero-order valence-electron chi connectivity index (χ0n) is 17.7. The fraction of sp³-hybridized carbons (Fsp3) is 0.174. The first-order valence-electron chi connectivity index (χ1n) is 10.1. The largest absolute Gasteiger partial charge is 0.494 e. The highest BCUT2D eigenvalue weighted by molar-refractivity contribution is 7.92. The number of hydrogen-bond donors (Lipinski definition) is 1. The van der Waals surface area contributed by atoms with Crippen molar-refractivity contribution in [3.63, 3.8) is 0 Å². The number of rotatable bonds is 8. The first-order chi connectivity index (χ1) is 15.9. The van der Waals surface area contributed by atoms with Crippen LogP contribution in [0.4, 0.5) is 15.8 Å². The minimum absolute atomic E-state index is 0.0360. The molecule has 3 aromatic carbocycles. The predicted molar refractivity (Wildman–Crippen MR) is 120 cm³/mol. The molecular formula is C23H21FN2O6S. The van der Waals surface area contributed by atoms with Gasteiger partial charge in [0, 0.05) is 11.8 Å². The maximum absolute atomic E-state index is 13.5. The molecule has 8 nitrogen and oxygen atoms in total. The summed E-state index contributed by atoms with van der Waals surface area (Å²) in [7, 11) is -4.15. The van der Waals surface area contributed by atoms with Crippen LogP contribution in [0.2, 0.25) is 0 Å². The van der Waals surface area contributed by atoms with Crippen molar-refractivity contribution >= 4 is 27.3 Å². The van der Waals surface area contributed by atoms with Crippen LogP contribution in [0.25, 0.3) is 0 Å². The highest BCUT2D eigenvalue weighted by atomic mass is 32.2. The fourth-order valence-corrected chi connectivity index (χ4v) is 4.65. The van der Waals surface area contributed by atoms with Gasteiger partial charge in [-0.05, 0) is 67.6 Å².